The lowest BCUT2D eigenvalue weighted by Crippen LogP contribution is -2.52. The molecule has 2 aromatic rings. The molecule has 0 aromatic heterocycles. The number of hydrogen-bond donors (Lipinski definition) is 1. The first-order valence-electron chi connectivity index (χ1n) is 9.91. The second-order valence-corrected chi connectivity index (χ2v) is 7.96. The first kappa shape index (κ1) is 20.6. The fourth-order valence-corrected chi connectivity index (χ4v) is 5.03. The molecule has 3 nitrogen and oxygen atoms in total. The maximum absolute atomic E-state index is 14.5. The molecule has 1 aliphatic carbocycles. The molecular formula is C23H22F4N2O. The summed E-state index contributed by atoms with van der Waals surface area (Å²) < 4.78 is 56.6. The first-order chi connectivity index (χ1) is 14.3. The van der Waals surface area contributed by atoms with Crippen LogP contribution in [0.25, 0.3) is 5.57 Å². The lowest BCUT2D eigenvalue weighted by atomic mass is 9.67. The molecule has 2 atom stereocenters. The third kappa shape index (κ3) is 3.12. The second kappa shape index (κ2) is 7.54. The molecule has 4 rings (SSSR count). The predicted molar refractivity (Wildman–Crippen MR) is 105 cm³/mol. The Hall–Kier alpha value is -2.67. The molecule has 0 saturated carbocycles. The van der Waals surface area contributed by atoms with Gasteiger partial charge in [-0.15, -0.1) is 0 Å². The van der Waals surface area contributed by atoms with E-state index in [0.29, 0.717) is 42.5 Å². The largest absolute Gasteiger partial charge is 0.330 e. The van der Waals surface area contributed by atoms with Gasteiger partial charge in [-0.1, -0.05) is 0 Å². The van der Waals surface area contributed by atoms with Gasteiger partial charge in [-0.05, 0) is 84.8 Å². The van der Waals surface area contributed by atoms with Gasteiger partial charge in [-0.2, -0.15) is 0 Å². The Morgan fingerprint density at radius 1 is 1.13 bits per heavy atom. The zero-order valence-corrected chi connectivity index (χ0v) is 16.5. The van der Waals surface area contributed by atoms with E-state index in [0.717, 1.165) is 30.3 Å². The van der Waals surface area contributed by atoms with Gasteiger partial charge in [-0.3, -0.25) is 4.79 Å². The molecular weight excluding hydrogens is 396 g/mol. The summed E-state index contributed by atoms with van der Waals surface area (Å²) in [5, 5.41) is 0. The minimum Gasteiger partial charge on any atom is -0.330 e. The quantitative estimate of drug-likeness (QED) is 0.756. The summed E-state index contributed by atoms with van der Waals surface area (Å²) >= 11 is 0. The van der Waals surface area contributed by atoms with Crippen molar-refractivity contribution in [2.24, 2.45) is 11.7 Å². The molecule has 0 radical (unpaired) electrons. The van der Waals surface area contributed by atoms with Crippen LogP contribution in [0.5, 0.6) is 0 Å². The molecule has 2 aromatic carbocycles. The van der Waals surface area contributed by atoms with Crippen LogP contribution in [0.4, 0.5) is 17.6 Å². The summed E-state index contributed by atoms with van der Waals surface area (Å²) in [6.45, 7) is 1.76. The Kier molecular flexibility index (Phi) is 5.18. The normalized spacial score (nSPS) is 22.9. The number of amides is 1. The lowest BCUT2D eigenvalue weighted by Gasteiger charge is -2.48. The molecule has 158 valence electrons. The highest BCUT2D eigenvalue weighted by atomic mass is 19.2. The standard InChI is InChI=1S/C23H22F4N2O/c1-13(30)29-12-15(18-9-17(24)4-5-20(18)25)11-23(29)16(6-7-28)3-2-14-8-21(26)22(27)10-19(14)23/h4-5,8-11,16H,2-3,6-7,12,28H2,1H3. The van der Waals surface area contributed by atoms with Gasteiger partial charge >= 0.3 is 0 Å². The van der Waals surface area contributed by atoms with Crippen LogP contribution in [0.1, 0.15) is 36.5 Å². The van der Waals surface area contributed by atoms with Gasteiger partial charge in [0.15, 0.2) is 11.6 Å². The van der Waals surface area contributed by atoms with Crippen molar-refractivity contribution in [2.45, 2.75) is 31.7 Å². The molecule has 2 aliphatic rings. The third-order valence-electron chi connectivity index (χ3n) is 6.30. The number of nitrogens with zero attached hydrogens (tertiary/aromatic N) is 1. The number of fused-ring (bicyclic) bond motifs is 2. The molecule has 1 spiro atoms. The Labute approximate surface area is 172 Å². The van der Waals surface area contributed by atoms with Gasteiger partial charge in [0.25, 0.3) is 0 Å². The molecule has 1 aliphatic heterocycles. The lowest BCUT2D eigenvalue weighted by molar-refractivity contribution is -0.134. The second-order valence-electron chi connectivity index (χ2n) is 7.96. The van der Waals surface area contributed by atoms with E-state index in [-0.39, 0.29) is 23.9 Å². The van der Waals surface area contributed by atoms with Crippen molar-refractivity contribution in [3.63, 3.8) is 0 Å². The van der Waals surface area contributed by atoms with Gasteiger partial charge in [0.1, 0.15) is 11.6 Å². The Morgan fingerprint density at radius 3 is 2.57 bits per heavy atom. The highest BCUT2D eigenvalue weighted by Gasteiger charge is 2.51. The number of rotatable bonds is 3. The van der Waals surface area contributed by atoms with Crippen LogP contribution in [0.15, 0.2) is 36.4 Å². The van der Waals surface area contributed by atoms with Crippen LogP contribution in [-0.2, 0) is 16.8 Å². The highest BCUT2D eigenvalue weighted by molar-refractivity contribution is 5.83. The monoisotopic (exact) mass is 418 g/mol. The molecule has 1 amide bonds. The van der Waals surface area contributed by atoms with Crippen LogP contribution >= 0.6 is 0 Å². The van der Waals surface area contributed by atoms with E-state index in [1.54, 1.807) is 11.0 Å². The summed E-state index contributed by atoms with van der Waals surface area (Å²) in [6, 6.07) is 5.45. The van der Waals surface area contributed by atoms with E-state index >= 15 is 0 Å². The number of aryl methyl sites for hydroxylation is 1. The number of carbonyl (C=O) groups excluding carboxylic acids is 1. The van der Waals surface area contributed by atoms with Crippen LogP contribution in [-0.4, -0.2) is 23.9 Å². The molecule has 0 fully saturated rings. The van der Waals surface area contributed by atoms with E-state index in [1.165, 1.54) is 6.92 Å². The summed E-state index contributed by atoms with van der Waals surface area (Å²) in [4.78, 5) is 14.2. The van der Waals surface area contributed by atoms with Crippen molar-refractivity contribution in [2.75, 3.05) is 13.1 Å². The van der Waals surface area contributed by atoms with Crippen LogP contribution in [0, 0.1) is 29.2 Å². The van der Waals surface area contributed by atoms with Crippen LogP contribution < -0.4 is 5.73 Å². The summed E-state index contributed by atoms with van der Waals surface area (Å²) in [6.07, 6.45) is 3.39. The summed E-state index contributed by atoms with van der Waals surface area (Å²) in [7, 11) is 0. The van der Waals surface area contributed by atoms with Crippen molar-refractivity contribution in [1.82, 2.24) is 4.90 Å². The minimum absolute atomic E-state index is 0.0369. The highest BCUT2D eigenvalue weighted by Crippen LogP contribution is 2.52. The predicted octanol–water partition coefficient (Wildman–Crippen LogP) is 4.30. The van der Waals surface area contributed by atoms with Crippen molar-refractivity contribution in [1.29, 1.82) is 0 Å². The maximum atomic E-state index is 14.5. The van der Waals surface area contributed by atoms with E-state index in [4.69, 9.17) is 5.73 Å². The average molecular weight is 418 g/mol. The topological polar surface area (TPSA) is 46.3 Å². The van der Waals surface area contributed by atoms with Crippen LogP contribution in [0.3, 0.4) is 0 Å². The number of halogens is 4. The van der Waals surface area contributed by atoms with E-state index < -0.39 is 28.8 Å². The fourth-order valence-electron chi connectivity index (χ4n) is 5.03. The van der Waals surface area contributed by atoms with Crippen molar-refractivity contribution in [3.05, 3.63) is 76.4 Å². The van der Waals surface area contributed by atoms with Crippen molar-refractivity contribution in [3.8, 4) is 0 Å². The summed E-state index contributed by atoms with van der Waals surface area (Å²) in [5.74, 6) is -3.63. The van der Waals surface area contributed by atoms with Gasteiger partial charge in [0, 0.05) is 19.0 Å². The van der Waals surface area contributed by atoms with Crippen molar-refractivity contribution < 1.29 is 22.4 Å². The number of carbonyl (C=O) groups is 1. The fraction of sp³-hybridized carbons (Fsp3) is 0.348. The number of benzene rings is 2. The van der Waals surface area contributed by atoms with Crippen LogP contribution in [0.2, 0.25) is 0 Å². The molecule has 0 saturated heterocycles. The first-order valence-corrected chi connectivity index (χ1v) is 9.91. The maximum Gasteiger partial charge on any atom is 0.220 e. The van der Waals surface area contributed by atoms with Gasteiger partial charge in [-0.25, -0.2) is 17.6 Å². The van der Waals surface area contributed by atoms with Gasteiger partial charge < -0.3 is 10.6 Å². The Bertz CT molecular complexity index is 1050. The Balaban J connectivity index is 1.99. The number of nitrogens with two attached hydrogens (primary N) is 1. The van der Waals surface area contributed by atoms with E-state index in [1.807, 2.05) is 0 Å². The molecule has 7 heteroatoms. The van der Waals surface area contributed by atoms with Gasteiger partial charge in [0.2, 0.25) is 5.91 Å². The molecule has 30 heavy (non-hydrogen) atoms. The minimum atomic E-state index is -1.10. The molecule has 0 bridgehead atoms. The molecule has 2 unspecified atom stereocenters. The zero-order chi connectivity index (χ0) is 21.6. The van der Waals surface area contributed by atoms with Crippen molar-refractivity contribution >= 4 is 11.5 Å². The van der Waals surface area contributed by atoms with Gasteiger partial charge in [0.05, 0.1) is 5.54 Å². The SMILES string of the molecule is CC(=O)N1CC(c2cc(F)ccc2F)=CC12c1cc(F)c(F)cc1CCC2CCN. The van der Waals surface area contributed by atoms with E-state index in [2.05, 4.69) is 0 Å². The zero-order valence-electron chi connectivity index (χ0n) is 16.5. The molecule has 1 heterocycles. The Morgan fingerprint density at radius 2 is 1.87 bits per heavy atom. The average Bonchev–Trinajstić information content (AvgIpc) is 3.09. The van der Waals surface area contributed by atoms with E-state index in [9.17, 15) is 22.4 Å². The molecule has 2 N–H and O–H groups in total. The number of hydrogen-bond acceptors (Lipinski definition) is 2. The summed E-state index contributed by atoms with van der Waals surface area (Å²) in [5.41, 5.74) is 6.30. The third-order valence-corrected chi connectivity index (χ3v) is 6.30. The smallest absolute Gasteiger partial charge is 0.220 e.